The van der Waals surface area contributed by atoms with Crippen molar-refractivity contribution >= 4 is 17.3 Å². The van der Waals surface area contributed by atoms with Crippen molar-refractivity contribution in [3.8, 4) is 0 Å². The van der Waals surface area contributed by atoms with Crippen molar-refractivity contribution < 1.29 is 18.2 Å². The van der Waals surface area contributed by atoms with E-state index in [2.05, 4.69) is 20.3 Å². The fourth-order valence-electron chi connectivity index (χ4n) is 1.30. The summed E-state index contributed by atoms with van der Waals surface area (Å²) in [4.78, 5) is 11.7. The Kier molecular flexibility index (Phi) is 2.92. The average molecular weight is 254 g/mol. The number of nitrogens with one attached hydrogen (secondary N) is 1. The number of carbonyl (C=O) groups is 1. The number of aromatic nitrogens is 2. The van der Waals surface area contributed by atoms with Gasteiger partial charge in [-0.05, 0) is 24.2 Å². The van der Waals surface area contributed by atoms with Gasteiger partial charge in [-0.25, -0.2) is 13.4 Å². The molecule has 0 bridgehead atoms. The molecule has 0 saturated carbocycles. The first-order valence-corrected chi connectivity index (χ1v) is 4.84. The quantitative estimate of drug-likeness (QED) is 0.792. The van der Waals surface area contributed by atoms with Gasteiger partial charge >= 0.3 is 0 Å². The fourth-order valence-corrected chi connectivity index (χ4v) is 1.30. The second kappa shape index (κ2) is 4.40. The zero-order valence-electron chi connectivity index (χ0n) is 9.20. The predicted molar refractivity (Wildman–Crippen MR) is 57.8 cm³/mol. The molecule has 0 atom stereocenters. The first-order chi connectivity index (χ1) is 8.50. The van der Waals surface area contributed by atoms with Gasteiger partial charge < -0.3 is 11.1 Å². The van der Waals surface area contributed by atoms with Gasteiger partial charge in [0.25, 0.3) is 5.91 Å². The molecule has 3 N–H and O–H groups in total. The molecule has 94 valence electrons. The Hall–Kier alpha value is -2.51. The molecule has 0 saturated heterocycles. The zero-order valence-corrected chi connectivity index (χ0v) is 9.20. The molecule has 0 fully saturated rings. The van der Waals surface area contributed by atoms with Crippen molar-refractivity contribution in [3.05, 3.63) is 35.2 Å². The van der Waals surface area contributed by atoms with Gasteiger partial charge in [-0.15, -0.1) is 0 Å². The summed E-state index contributed by atoms with van der Waals surface area (Å²) in [6.45, 7) is 1.48. The van der Waals surface area contributed by atoms with Crippen LogP contribution < -0.4 is 11.1 Å². The standard InChI is InChI=1S/C10H8F2N4O2/c1-4-8(16-18-15-4)10(17)14-9-6(12)3-2-5(11)7(9)13/h2-3H,13H2,1H3,(H,14,17). The Morgan fingerprint density at radius 2 is 2.00 bits per heavy atom. The number of benzene rings is 1. The number of amides is 1. The Labute approximate surface area is 99.7 Å². The highest BCUT2D eigenvalue weighted by Crippen LogP contribution is 2.25. The van der Waals surface area contributed by atoms with Crippen LogP contribution in [0, 0.1) is 18.6 Å². The maximum atomic E-state index is 13.4. The van der Waals surface area contributed by atoms with Crippen LogP contribution in [0.4, 0.5) is 20.2 Å². The zero-order chi connectivity index (χ0) is 13.3. The van der Waals surface area contributed by atoms with Crippen LogP contribution in [0.2, 0.25) is 0 Å². The van der Waals surface area contributed by atoms with E-state index in [0.29, 0.717) is 0 Å². The van der Waals surface area contributed by atoms with Gasteiger partial charge in [0.15, 0.2) is 5.69 Å². The van der Waals surface area contributed by atoms with Crippen molar-refractivity contribution in [1.29, 1.82) is 0 Å². The summed E-state index contributed by atoms with van der Waals surface area (Å²) >= 11 is 0. The van der Waals surface area contributed by atoms with E-state index in [1.807, 2.05) is 0 Å². The van der Waals surface area contributed by atoms with Gasteiger partial charge in [-0.3, -0.25) is 4.79 Å². The average Bonchev–Trinajstić information content (AvgIpc) is 2.76. The third-order valence-electron chi connectivity index (χ3n) is 2.25. The highest BCUT2D eigenvalue weighted by Gasteiger charge is 2.19. The lowest BCUT2D eigenvalue weighted by Gasteiger charge is -2.08. The number of nitrogens with two attached hydrogens (primary N) is 1. The third-order valence-corrected chi connectivity index (χ3v) is 2.25. The lowest BCUT2D eigenvalue weighted by Crippen LogP contribution is -2.16. The maximum absolute atomic E-state index is 13.4. The Balaban J connectivity index is 2.33. The number of hydrogen-bond donors (Lipinski definition) is 2. The normalized spacial score (nSPS) is 10.4. The Morgan fingerprint density at radius 3 is 2.61 bits per heavy atom. The molecule has 2 rings (SSSR count). The van der Waals surface area contributed by atoms with Crippen LogP contribution in [0.25, 0.3) is 0 Å². The van der Waals surface area contributed by atoms with Crippen LogP contribution in [0.15, 0.2) is 16.8 Å². The molecule has 6 nitrogen and oxygen atoms in total. The molecule has 0 radical (unpaired) electrons. The van der Waals surface area contributed by atoms with E-state index in [1.54, 1.807) is 0 Å². The summed E-state index contributed by atoms with van der Waals surface area (Å²) in [5.74, 6) is -2.47. The molecule has 0 unspecified atom stereocenters. The van der Waals surface area contributed by atoms with Crippen molar-refractivity contribution in [2.24, 2.45) is 0 Å². The number of rotatable bonds is 2. The first kappa shape index (κ1) is 12.0. The van der Waals surface area contributed by atoms with E-state index in [9.17, 15) is 13.6 Å². The number of aryl methyl sites for hydroxylation is 1. The summed E-state index contributed by atoms with van der Waals surface area (Å²) in [6, 6.07) is 1.72. The van der Waals surface area contributed by atoms with Crippen molar-refractivity contribution in [3.63, 3.8) is 0 Å². The van der Waals surface area contributed by atoms with Gasteiger partial charge in [0, 0.05) is 0 Å². The van der Waals surface area contributed by atoms with Crippen LogP contribution in [-0.2, 0) is 0 Å². The highest BCUT2D eigenvalue weighted by molar-refractivity contribution is 6.05. The van der Waals surface area contributed by atoms with Gasteiger partial charge in [0.2, 0.25) is 0 Å². The molecule has 1 aromatic carbocycles. The van der Waals surface area contributed by atoms with Crippen LogP contribution in [0.5, 0.6) is 0 Å². The number of hydrogen-bond acceptors (Lipinski definition) is 5. The molecule has 0 spiro atoms. The minimum absolute atomic E-state index is 0.127. The number of anilines is 2. The lowest BCUT2D eigenvalue weighted by molar-refractivity contribution is 0.101. The van der Waals surface area contributed by atoms with Gasteiger partial charge in [-0.2, -0.15) is 0 Å². The topological polar surface area (TPSA) is 94.0 Å². The number of nitrogen functional groups attached to an aromatic ring is 1. The van der Waals surface area contributed by atoms with Crippen molar-refractivity contribution in [1.82, 2.24) is 10.3 Å². The Morgan fingerprint density at radius 1 is 1.33 bits per heavy atom. The number of halogens is 2. The van der Waals surface area contributed by atoms with Gasteiger partial charge in [-0.1, -0.05) is 5.16 Å². The largest absolute Gasteiger partial charge is 0.395 e. The molecule has 2 aromatic rings. The van der Waals surface area contributed by atoms with Crippen LogP contribution in [-0.4, -0.2) is 16.2 Å². The predicted octanol–water partition coefficient (Wildman–Crippen LogP) is 1.49. The minimum Gasteiger partial charge on any atom is -0.395 e. The van der Waals surface area contributed by atoms with Crippen LogP contribution in [0.3, 0.4) is 0 Å². The summed E-state index contributed by atoms with van der Waals surface area (Å²) in [6.07, 6.45) is 0. The molecule has 0 aliphatic heterocycles. The first-order valence-electron chi connectivity index (χ1n) is 4.84. The van der Waals surface area contributed by atoms with E-state index in [0.717, 1.165) is 12.1 Å². The number of carbonyl (C=O) groups excluding carboxylic acids is 1. The minimum atomic E-state index is -0.851. The maximum Gasteiger partial charge on any atom is 0.279 e. The monoisotopic (exact) mass is 254 g/mol. The molecule has 18 heavy (non-hydrogen) atoms. The summed E-state index contributed by atoms with van der Waals surface area (Å²) in [5, 5.41) is 8.86. The number of nitrogens with zero attached hydrogens (tertiary/aromatic N) is 2. The molecule has 0 aliphatic rings. The molecule has 1 amide bonds. The fraction of sp³-hybridized carbons (Fsp3) is 0.100. The SMILES string of the molecule is Cc1nonc1C(=O)Nc1c(F)ccc(F)c1N. The second-order valence-corrected chi connectivity index (χ2v) is 3.47. The lowest BCUT2D eigenvalue weighted by atomic mass is 10.2. The highest BCUT2D eigenvalue weighted by atomic mass is 19.1. The van der Waals surface area contributed by atoms with Crippen LogP contribution in [0.1, 0.15) is 16.2 Å². The van der Waals surface area contributed by atoms with Crippen LogP contribution >= 0.6 is 0 Å². The van der Waals surface area contributed by atoms with Gasteiger partial charge in [0.05, 0.1) is 5.69 Å². The molecule has 1 heterocycles. The summed E-state index contributed by atoms with van der Waals surface area (Å²) < 4.78 is 30.9. The molecular formula is C10H8F2N4O2. The second-order valence-electron chi connectivity index (χ2n) is 3.47. The Bertz CT molecular complexity index is 612. The smallest absolute Gasteiger partial charge is 0.279 e. The molecular weight excluding hydrogens is 246 g/mol. The summed E-state index contributed by atoms with van der Waals surface area (Å²) in [7, 11) is 0. The van der Waals surface area contributed by atoms with E-state index >= 15 is 0 Å². The van der Waals surface area contributed by atoms with E-state index < -0.39 is 28.9 Å². The third kappa shape index (κ3) is 1.99. The van der Waals surface area contributed by atoms with E-state index in [1.165, 1.54) is 6.92 Å². The molecule has 8 heteroatoms. The van der Waals surface area contributed by atoms with E-state index in [-0.39, 0.29) is 11.4 Å². The summed E-state index contributed by atoms with van der Waals surface area (Å²) in [5.41, 5.74) is 4.50. The molecule has 0 aliphatic carbocycles. The van der Waals surface area contributed by atoms with Crippen molar-refractivity contribution in [2.45, 2.75) is 6.92 Å². The molecule has 1 aromatic heterocycles. The van der Waals surface area contributed by atoms with E-state index in [4.69, 9.17) is 5.73 Å². The van der Waals surface area contributed by atoms with Gasteiger partial charge in [0.1, 0.15) is 23.0 Å². The van der Waals surface area contributed by atoms with Crippen molar-refractivity contribution in [2.75, 3.05) is 11.1 Å².